The molecule has 0 saturated heterocycles. The van der Waals surface area contributed by atoms with Crippen molar-refractivity contribution in [1.29, 1.82) is 0 Å². The Labute approximate surface area is 131 Å². The lowest BCUT2D eigenvalue weighted by Gasteiger charge is -2.27. The molecule has 0 aliphatic carbocycles. The highest BCUT2D eigenvalue weighted by Crippen LogP contribution is 2.17. The van der Waals surface area contributed by atoms with Gasteiger partial charge < -0.3 is 4.90 Å². The number of amides is 2. The third-order valence-corrected chi connectivity index (χ3v) is 4.21. The molecule has 8 nitrogen and oxygen atoms in total. The predicted octanol–water partition coefficient (Wildman–Crippen LogP) is 0.951. The van der Waals surface area contributed by atoms with Gasteiger partial charge in [-0.05, 0) is 18.6 Å². The normalized spacial score (nSPS) is 14.0. The number of carbonyl (C=O) groups excluding carboxylic acids is 1. The van der Waals surface area contributed by atoms with Crippen LogP contribution in [0.5, 0.6) is 0 Å². The van der Waals surface area contributed by atoms with E-state index in [2.05, 4.69) is 15.4 Å². The summed E-state index contributed by atoms with van der Waals surface area (Å²) in [5.41, 5.74) is 2.34. The van der Waals surface area contributed by atoms with Gasteiger partial charge in [0.05, 0.1) is 18.4 Å². The number of anilines is 1. The molecule has 3 aromatic heterocycles. The van der Waals surface area contributed by atoms with E-state index in [0.717, 1.165) is 16.9 Å². The SMILES string of the molecule is Cn1[nH]c(=O)c2c1CN(C(=O)Nc1cnc3ccccn13)CC2. The molecule has 0 saturated carbocycles. The fraction of sp³-hybridized carbons (Fsp3) is 0.267. The average Bonchev–Trinajstić information content (AvgIpc) is 3.09. The standard InChI is InChI=1S/C15H16N6O2/c1-19-11-9-20(7-5-10(11)14(22)18-19)15(23)17-13-8-16-12-4-2-3-6-21(12)13/h2-4,6,8H,5,7,9H2,1H3,(H,17,23)(H,18,22). The minimum atomic E-state index is -0.199. The molecule has 0 fully saturated rings. The van der Waals surface area contributed by atoms with Crippen molar-refractivity contribution in [2.75, 3.05) is 11.9 Å². The highest BCUT2D eigenvalue weighted by Gasteiger charge is 2.25. The molecule has 0 spiro atoms. The fourth-order valence-electron chi connectivity index (χ4n) is 2.97. The van der Waals surface area contributed by atoms with Gasteiger partial charge in [0.15, 0.2) is 0 Å². The summed E-state index contributed by atoms with van der Waals surface area (Å²) in [5.74, 6) is 0.624. The molecule has 1 aliphatic rings. The summed E-state index contributed by atoms with van der Waals surface area (Å²) in [6, 6.07) is 5.45. The number of H-pyrrole nitrogens is 1. The molecule has 3 aromatic rings. The van der Waals surface area contributed by atoms with E-state index >= 15 is 0 Å². The second-order valence-corrected chi connectivity index (χ2v) is 5.60. The lowest BCUT2D eigenvalue weighted by atomic mass is 10.1. The molecular weight excluding hydrogens is 296 g/mol. The molecular formula is C15H16N6O2. The maximum Gasteiger partial charge on any atom is 0.323 e. The van der Waals surface area contributed by atoms with Crippen molar-refractivity contribution in [3.63, 3.8) is 0 Å². The lowest BCUT2D eigenvalue weighted by molar-refractivity contribution is 0.204. The quantitative estimate of drug-likeness (QED) is 0.701. The van der Waals surface area contributed by atoms with Crippen LogP contribution >= 0.6 is 0 Å². The highest BCUT2D eigenvalue weighted by molar-refractivity contribution is 5.89. The van der Waals surface area contributed by atoms with E-state index in [9.17, 15) is 9.59 Å². The van der Waals surface area contributed by atoms with Crippen LogP contribution < -0.4 is 10.9 Å². The lowest BCUT2D eigenvalue weighted by Crippen LogP contribution is -2.40. The largest absolute Gasteiger partial charge is 0.323 e. The number of nitrogens with one attached hydrogen (secondary N) is 2. The minimum Gasteiger partial charge on any atom is -0.318 e. The van der Waals surface area contributed by atoms with Crippen molar-refractivity contribution in [1.82, 2.24) is 24.1 Å². The van der Waals surface area contributed by atoms with Gasteiger partial charge in [0.25, 0.3) is 5.56 Å². The van der Waals surface area contributed by atoms with E-state index < -0.39 is 0 Å². The van der Waals surface area contributed by atoms with Crippen molar-refractivity contribution in [3.05, 3.63) is 52.2 Å². The van der Waals surface area contributed by atoms with Crippen LogP contribution in [0, 0.1) is 0 Å². The number of aromatic amines is 1. The van der Waals surface area contributed by atoms with Gasteiger partial charge >= 0.3 is 6.03 Å². The molecule has 0 unspecified atom stereocenters. The Morgan fingerprint density at radius 1 is 1.39 bits per heavy atom. The van der Waals surface area contributed by atoms with Gasteiger partial charge in [0, 0.05) is 25.4 Å². The number of aryl methyl sites for hydroxylation is 1. The van der Waals surface area contributed by atoms with Crippen molar-refractivity contribution in [3.8, 4) is 0 Å². The Morgan fingerprint density at radius 2 is 2.26 bits per heavy atom. The number of aromatic nitrogens is 4. The van der Waals surface area contributed by atoms with Crippen LogP contribution in [0.2, 0.25) is 0 Å². The summed E-state index contributed by atoms with van der Waals surface area (Å²) < 4.78 is 3.50. The van der Waals surface area contributed by atoms with Gasteiger partial charge in [-0.3, -0.25) is 24.3 Å². The van der Waals surface area contributed by atoms with E-state index in [1.165, 1.54) is 0 Å². The second-order valence-electron chi connectivity index (χ2n) is 5.60. The minimum absolute atomic E-state index is 0.0654. The Balaban J connectivity index is 1.56. The van der Waals surface area contributed by atoms with Gasteiger partial charge in [-0.1, -0.05) is 6.07 Å². The van der Waals surface area contributed by atoms with Crippen LogP contribution in [0.3, 0.4) is 0 Å². The molecule has 0 aromatic carbocycles. The first-order chi connectivity index (χ1) is 11.1. The monoisotopic (exact) mass is 312 g/mol. The van der Waals surface area contributed by atoms with Crippen LogP contribution in [0.25, 0.3) is 5.65 Å². The number of carbonyl (C=O) groups is 1. The summed E-state index contributed by atoms with van der Waals surface area (Å²) in [6.07, 6.45) is 4.04. The van der Waals surface area contributed by atoms with Gasteiger partial charge in [-0.25, -0.2) is 9.78 Å². The van der Waals surface area contributed by atoms with Crippen LogP contribution in [-0.4, -0.2) is 36.6 Å². The van der Waals surface area contributed by atoms with Crippen LogP contribution in [0.15, 0.2) is 35.4 Å². The third kappa shape index (κ3) is 2.19. The Kier molecular flexibility index (Phi) is 2.97. The predicted molar refractivity (Wildman–Crippen MR) is 84.4 cm³/mol. The molecule has 0 radical (unpaired) electrons. The van der Waals surface area contributed by atoms with Crippen LogP contribution in [-0.2, 0) is 20.0 Å². The molecule has 0 bridgehead atoms. The molecule has 2 amide bonds. The number of fused-ring (bicyclic) bond motifs is 2. The maximum absolute atomic E-state index is 12.5. The van der Waals surface area contributed by atoms with Gasteiger partial charge in [0.1, 0.15) is 11.5 Å². The Hall–Kier alpha value is -3.03. The Bertz CT molecular complexity index is 950. The first-order valence-corrected chi connectivity index (χ1v) is 7.38. The summed E-state index contributed by atoms with van der Waals surface area (Å²) in [5, 5.41) is 5.62. The topological polar surface area (TPSA) is 87.4 Å². The molecule has 2 N–H and O–H groups in total. The number of nitrogens with zero attached hydrogens (tertiary/aromatic N) is 4. The van der Waals surface area contributed by atoms with Gasteiger partial charge in [-0.15, -0.1) is 0 Å². The molecule has 8 heteroatoms. The number of urea groups is 1. The van der Waals surface area contributed by atoms with E-state index in [0.29, 0.717) is 25.3 Å². The molecule has 0 atom stereocenters. The van der Waals surface area contributed by atoms with E-state index in [1.807, 2.05) is 28.8 Å². The average molecular weight is 312 g/mol. The first-order valence-electron chi connectivity index (χ1n) is 7.38. The fourth-order valence-corrected chi connectivity index (χ4v) is 2.97. The Morgan fingerprint density at radius 3 is 3.13 bits per heavy atom. The van der Waals surface area contributed by atoms with E-state index in [-0.39, 0.29) is 11.6 Å². The van der Waals surface area contributed by atoms with E-state index in [4.69, 9.17) is 0 Å². The number of pyridine rings is 1. The third-order valence-electron chi connectivity index (χ3n) is 4.21. The number of rotatable bonds is 1. The van der Waals surface area contributed by atoms with Crippen LogP contribution in [0.4, 0.5) is 10.6 Å². The molecule has 118 valence electrons. The van der Waals surface area contributed by atoms with E-state index in [1.54, 1.807) is 22.8 Å². The second kappa shape index (κ2) is 5.01. The molecule has 1 aliphatic heterocycles. The molecule has 4 rings (SSSR count). The summed E-state index contributed by atoms with van der Waals surface area (Å²) in [4.78, 5) is 30.2. The maximum atomic E-state index is 12.5. The smallest absolute Gasteiger partial charge is 0.318 e. The molecule has 23 heavy (non-hydrogen) atoms. The zero-order valence-electron chi connectivity index (χ0n) is 12.6. The number of hydrogen-bond donors (Lipinski definition) is 2. The summed E-state index contributed by atoms with van der Waals surface area (Å²) >= 11 is 0. The molecule has 4 heterocycles. The van der Waals surface area contributed by atoms with Crippen molar-refractivity contribution in [2.24, 2.45) is 7.05 Å². The van der Waals surface area contributed by atoms with Crippen molar-refractivity contribution in [2.45, 2.75) is 13.0 Å². The summed E-state index contributed by atoms with van der Waals surface area (Å²) in [7, 11) is 1.78. The van der Waals surface area contributed by atoms with Crippen molar-refractivity contribution < 1.29 is 4.79 Å². The van der Waals surface area contributed by atoms with Gasteiger partial charge in [-0.2, -0.15) is 0 Å². The zero-order chi connectivity index (χ0) is 16.0. The summed E-state index contributed by atoms with van der Waals surface area (Å²) in [6.45, 7) is 0.926. The highest BCUT2D eigenvalue weighted by atomic mass is 16.2. The first kappa shape index (κ1) is 13.6. The number of hydrogen-bond acceptors (Lipinski definition) is 3. The zero-order valence-corrected chi connectivity index (χ0v) is 12.6. The number of imidazole rings is 1. The van der Waals surface area contributed by atoms with Crippen LogP contribution in [0.1, 0.15) is 11.3 Å². The van der Waals surface area contributed by atoms with Gasteiger partial charge in [0.2, 0.25) is 0 Å². The van der Waals surface area contributed by atoms with Crippen molar-refractivity contribution >= 4 is 17.5 Å².